The van der Waals surface area contributed by atoms with Crippen molar-refractivity contribution in [2.75, 3.05) is 19.8 Å². The second-order valence-corrected chi connectivity index (χ2v) is 4.74. The minimum Gasteiger partial charge on any atom is -0.486 e. The zero-order chi connectivity index (χ0) is 13.9. The van der Waals surface area contributed by atoms with Crippen molar-refractivity contribution < 1.29 is 13.9 Å². The van der Waals surface area contributed by atoms with Gasteiger partial charge in [-0.15, -0.1) is 0 Å². The van der Waals surface area contributed by atoms with E-state index < -0.39 is 0 Å². The van der Waals surface area contributed by atoms with E-state index >= 15 is 0 Å². The molecule has 2 aromatic carbocycles. The van der Waals surface area contributed by atoms with Gasteiger partial charge in [-0.05, 0) is 35.4 Å². The number of hydrogen-bond donors (Lipinski definition) is 1. The standard InChI is InChI=1S/C16H16FNO2/c17-13-4-1-11(2-5-13)14(10-18)12-3-6-15-16(9-12)20-8-7-19-15/h1-6,9,14H,7-8,10,18H2. The lowest BCUT2D eigenvalue weighted by Crippen LogP contribution is -2.17. The molecule has 1 aliphatic heterocycles. The fourth-order valence-corrected chi connectivity index (χ4v) is 2.44. The Labute approximate surface area is 117 Å². The molecule has 0 bridgehead atoms. The molecule has 104 valence electrons. The van der Waals surface area contributed by atoms with Crippen molar-refractivity contribution in [3.63, 3.8) is 0 Å². The van der Waals surface area contributed by atoms with E-state index in [1.807, 2.05) is 18.2 Å². The normalized spacial score (nSPS) is 14.9. The summed E-state index contributed by atoms with van der Waals surface area (Å²) in [5.41, 5.74) is 7.92. The molecule has 20 heavy (non-hydrogen) atoms. The van der Waals surface area contributed by atoms with Crippen molar-refractivity contribution in [1.29, 1.82) is 0 Å². The number of hydrogen-bond acceptors (Lipinski definition) is 3. The molecule has 0 fully saturated rings. The molecule has 1 aliphatic rings. The van der Waals surface area contributed by atoms with E-state index in [1.165, 1.54) is 12.1 Å². The van der Waals surface area contributed by atoms with Crippen LogP contribution in [0.2, 0.25) is 0 Å². The minimum atomic E-state index is -0.244. The lowest BCUT2D eigenvalue weighted by molar-refractivity contribution is 0.171. The first-order valence-corrected chi connectivity index (χ1v) is 6.63. The Kier molecular flexibility index (Phi) is 3.56. The maximum Gasteiger partial charge on any atom is 0.161 e. The van der Waals surface area contributed by atoms with E-state index in [4.69, 9.17) is 15.2 Å². The molecule has 0 saturated heterocycles. The summed E-state index contributed by atoms with van der Waals surface area (Å²) in [5, 5.41) is 0. The molecule has 0 amide bonds. The van der Waals surface area contributed by atoms with E-state index in [0.29, 0.717) is 19.8 Å². The van der Waals surface area contributed by atoms with Gasteiger partial charge in [-0.1, -0.05) is 18.2 Å². The van der Waals surface area contributed by atoms with Crippen LogP contribution in [-0.4, -0.2) is 19.8 Å². The SMILES string of the molecule is NCC(c1ccc(F)cc1)c1ccc2c(c1)OCCO2. The Balaban J connectivity index is 1.94. The summed E-state index contributed by atoms with van der Waals surface area (Å²) in [6.45, 7) is 1.58. The third-order valence-electron chi connectivity index (χ3n) is 3.48. The Bertz CT molecular complexity index is 598. The first kappa shape index (κ1) is 12.9. The second-order valence-electron chi connectivity index (χ2n) is 4.74. The minimum absolute atomic E-state index is 0.0198. The van der Waals surface area contributed by atoms with E-state index in [1.54, 1.807) is 12.1 Å². The number of fused-ring (bicyclic) bond motifs is 1. The van der Waals surface area contributed by atoms with Gasteiger partial charge < -0.3 is 15.2 Å². The van der Waals surface area contributed by atoms with Gasteiger partial charge in [-0.2, -0.15) is 0 Å². The zero-order valence-electron chi connectivity index (χ0n) is 11.0. The lowest BCUT2D eigenvalue weighted by Gasteiger charge is -2.21. The van der Waals surface area contributed by atoms with Crippen LogP contribution in [0.5, 0.6) is 11.5 Å². The lowest BCUT2D eigenvalue weighted by atomic mass is 9.91. The van der Waals surface area contributed by atoms with E-state index in [0.717, 1.165) is 22.6 Å². The summed E-state index contributed by atoms with van der Waals surface area (Å²) >= 11 is 0. The van der Waals surface area contributed by atoms with Gasteiger partial charge >= 0.3 is 0 Å². The molecule has 2 aromatic rings. The second kappa shape index (κ2) is 5.51. The number of nitrogens with two attached hydrogens (primary N) is 1. The summed E-state index contributed by atoms with van der Waals surface area (Å²) in [6, 6.07) is 12.3. The van der Waals surface area contributed by atoms with Crippen molar-refractivity contribution in [1.82, 2.24) is 0 Å². The fraction of sp³-hybridized carbons (Fsp3) is 0.250. The van der Waals surface area contributed by atoms with Gasteiger partial charge in [0.2, 0.25) is 0 Å². The van der Waals surface area contributed by atoms with Crippen molar-refractivity contribution in [3.8, 4) is 11.5 Å². The average Bonchev–Trinajstić information content (AvgIpc) is 2.50. The predicted octanol–water partition coefficient (Wildman–Crippen LogP) is 2.69. The predicted molar refractivity (Wildman–Crippen MR) is 74.7 cm³/mol. The van der Waals surface area contributed by atoms with Gasteiger partial charge in [-0.25, -0.2) is 4.39 Å². The van der Waals surface area contributed by atoms with Crippen molar-refractivity contribution in [2.24, 2.45) is 5.73 Å². The van der Waals surface area contributed by atoms with Gasteiger partial charge in [0, 0.05) is 12.5 Å². The maximum absolute atomic E-state index is 13.0. The van der Waals surface area contributed by atoms with Gasteiger partial charge in [0.25, 0.3) is 0 Å². The topological polar surface area (TPSA) is 44.5 Å². The molecule has 3 nitrogen and oxygen atoms in total. The number of benzene rings is 2. The molecule has 1 atom stereocenters. The highest BCUT2D eigenvalue weighted by Gasteiger charge is 2.17. The Morgan fingerprint density at radius 2 is 1.60 bits per heavy atom. The first-order chi connectivity index (χ1) is 9.78. The molecule has 2 N–H and O–H groups in total. The van der Waals surface area contributed by atoms with Crippen LogP contribution in [0, 0.1) is 5.82 Å². The smallest absolute Gasteiger partial charge is 0.161 e. The summed E-state index contributed by atoms with van der Waals surface area (Å²) in [5.74, 6) is 1.28. The van der Waals surface area contributed by atoms with E-state index in [-0.39, 0.29) is 11.7 Å². The fourth-order valence-electron chi connectivity index (χ4n) is 2.44. The third kappa shape index (κ3) is 2.47. The Morgan fingerprint density at radius 3 is 2.30 bits per heavy atom. The number of rotatable bonds is 3. The average molecular weight is 273 g/mol. The number of halogens is 1. The third-order valence-corrected chi connectivity index (χ3v) is 3.48. The van der Waals surface area contributed by atoms with Crippen LogP contribution in [0.4, 0.5) is 4.39 Å². The van der Waals surface area contributed by atoms with Crippen molar-refractivity contribution in [2.45, 2.75) is 5.92 Å². The van der Waals surface area contributed by atoms with E-state index in [2.05, 4.69) is 0 Å². The summed E-state index contributed by atoms with van der Waals surface area (Å²) in [6.07, 6.45) is 0. The highest BCUT2D eigenvalue weighted by atomic mass is 19.1. The van der Waals surface area contributed by atoms with Crippen molar-refractivity contribution >= 4 is 0 Å². The molecule has 1 unspecified atom stereocenters. The molecule has 0 aromatic heterocycles. The van der Waals surface area contributed by atoms with Crippen LogP contribution in [0.15, 0.2) is 42.5 Å². The Hall–Kier alpha value is -2.07. The molecule has 0 aliphatic carbocycles. The van der Waals surface area contributed by atoms with Gasteiger partial charge in [0.1, 0.15) is 19.0 Å². The van der Waals surface area contributed by atoms with Gasteiger partial charge in [0.05, 0.1) is 0 Å². The van der Waals surface area contributed by atoms with Crippen LogP contribution in [0.25, 0.3) is 0 Å². The Morgan fingerprint density at radius 1 is 0.950 bits per heavy atom. The van der Waals surface area contributed by atoms with Crippen LogP contribution in [-0.2, 0) is 0 Å². The van der Waals surface area contributed by atoms with Gasteiger partial charge in [0.15, 0.2) is 11.5 Å². The monoisotopic (exact) mass is 273 g/mol. The van der Waals surface area contributed by atoms with Gasteiger partial charge in [-0.3, -0.25) is 0 Å². The molecule has 4 heteroatoms. The zero-order valence-corrected chi connectivity index (χ0v) is 11.0. The quantitative estimate of drug-likeness (QED) is 0.935. The molecule has 0 radical (unpaired) electrons. The maximum atomic E-state index is 13.0. The molecule has 3 rings (SSSR count). The van der Waals surface area contributed by atoms with Crippen LogP contribution < -0.4 is 15.2 Å². The molecule has 0 saturated carbocycles. The van der Waals surface area contributed by atoms with Crippen LogP contribution in [0.3, 0.4) is 0 Å². The summed E-state index contributed by atoms with van der Waals surface area (Å²) in [4.78, 5) is 0. The number of ether oxygens (including phenoxy) is 2. The van der Waals surface area contributed by atoms with Crippen LogP contribution in [0.1, 0.15) is 17.0 Å². The highest BCUT2D eigenvalue weighted by Crippen LogP contribution is 2.34. The van der Waals surface area contributed by atoms with E-state index in [9.17, 15) is 4.39 Å². The molecule has 1 heterocycles. The molecular formula is C16H16FNO2. The first-order valence-electron chi connectivity index (χ1n) is 6.63. The van der Waals surface area contributed by atoms with Crippen molar-refractivity contribution in [3.05, 3.63) is 59.4 Å². The largest absolute Gasteiger partial charge is 0.486 e. The molecule has 0 spiro atoms. The highest BCUT2D eigenvalue weighted by molar-refractivity contribution is 5.47. The summed E-state index contributed by atoms with van der Waals surface area (Å²) in [7, 11) is 0. The molecular weight excluding hydrogens is 257 g/mol. The van der Waals surface area contributed by atoms with Crippen LogP contribution >= 0.6 is 0 Å². The summed E-state index contributed by atoms with van der Waals surface area (Å²) < 4.78 is 24.1.